The minimum Gasteiger partial charge on any atom is -0.379 e. The van der Waals surface area contributed by atoms with Crippen LogP contribution >= 0.6 is 0 Å². The number of hydrogen-bond donors (Lipinski definition) is 1. The van der Waals surface area contributed by atoms with Gasteiger partial charge in [0.25, 0.3) is 0 Å². The predicted octanol–water partition coefficient (Wildman–Crippen LogP) is 1.65. The second kappa shape index (κ2) is 8.15. The van der Waals surface area contributed by atoms with E-state index in [2.05, 4.69) is 39.4 Å². The number of benzene rings is 1. The van der Waals surface area contributed by atoms with E-state index in [1.807, 2.05) is 21.0 Å². The second-order valence-corrected chi connectivity index (χ2v) is 5.81. The summed E-state index contributed by atoms with van der Waals surface area (Å²) < 4.78 is 5.45. The van der Waals surface area contributed by atoms with Crippen LogP contribution in [0.3, 0.4) is 0 Å². The maximum Gasteiger partial charge on any atom is 0.219 e. The Morgan fingerprint density at radius 2 is 1.91 bits per heavy atom. The van der Waals surface area contributed by atoms with Gasteiger partial charge in [0.05, 0.1) is 19.3 Å². The molecule has 1 aliphatic rings. The number of rotatable bonds is 6. The predicted molar refractivity (Wildman–Crippen MR) is 89.2 cm³/mol. The first-order valence-electron chi connectivity index (χ1n) is 7.97. The Labute approximate surface area is 133 Å². The SMILES string of the molecule is CCC(=O)NC[C@@H](c1ccc(N(C)C)cc1)N1CCOCC1. The average molecular weight is 305 g/mol. The molecule has 1 atom stereocenters. The molecule has 0 saturated carbocycles. The number of morpholine rings is 1. The summed E-state index contributed by atoms with van der Waals surface area (Å²) in [5, 5.41) is 3.03. The fourth-order valence-corrected chi connectivity index (χ4v) is 2.68. The van der Waals surface area contributed by atoms with Crippen molar-refractivity contribution < 1.29 is 9.53 Å². The first-order chi connectivity index (χ1) is 10.6. The summed E-state index contributed by atoms with van der Waals surface area (Å²) in [6, 6.07) is 8.78. The van der Waals surface area contributed by atoms with Gasteiger partial charge in [-0.3, -0.25) is 9.69 Å². The van der Waals surface area contributed by atoms with E-state index in [0.29, 0.717) is 13.0 Å². The Hall–Kier alpha value is -1.59. The van der Waals surface area contributed by atoms with Crippen molar-refractivity contribution in [2.75, 3.05) is 51.8 Å². The fourth-order valence-electron chi connectivity index (χ4n) is 2.68. The fraction of sp³-hybridized carbons (Fsp3) is 0.588. The van der Waals surface area contributed by atoms with Gasteiger partial charge in [-0.05, 0) is 17.7 Å². The third-order valence-electron chi connectivity index (χ3n) is 4.09. The Balaban J connectivity index is 2.12. The molecule has 1 aliphatic heterocycles. The number of nitrogens with one attached hydrogen (secondary N) is 1. The van der Waals surface area contributed by atoms with Crippen molar-refractivity contribution in [3.05, 3.63) is 29.8 Å². The first-order valence-corrected chi connectivity index (χ1v) is 7.97. The summed E-state index contributed by atoms with van der Waals surface area (Å²) in [6.07, 6.45) is 0.523. The lowest BCUT2D eigenvalue weighted by molar-refractivity contribution is -0.121. The van der Waals surface area contributed by atoms with E-state index in [0.717, 1.165) is 26.3 Å². The van der Waals surface area contributed by atoms with Gasteiger partial charge in [0.1, 0.15) is 0 Å². The van der Waals surface area contributed by atoms with Crippen molar-refractivity contribution in [3.8, 4) is 0 Å². The van der Waals surface area contributed by atoms with Crippen LogP contribution in [0.2, 0.25) is 0 Å². The van der Waals surface area contributed by atoms with Crippen LogP contribution in [0.1, 0.15) is 24.9 Å². The van der Waals surface area contributed by atoms with Crippen LogP contribution in [0.5, 0.6) is 0 Å². The molecule has 1 amide bonds. The normalized spacial score (nSPS) is 17.0. The minimum absolute atomic E-state index is 0.100. The van der Waals surface area contributed by atoms with Crippen molar-refractivity contribution in [2.24, 2.45) is 0 Å². The van der Waals surface area contributed by atoms with Crippen molar-refractivity contribution in [3.63, 3.8) is 0 Å². The molecule has 5 heteroatoms. The van der Waals surface area contributed by atoms with Crippen LogP contribution in [-0.4, -0.2) is 57.8 Å². The number of amides is 1. The van der Waals surface area contributed by atoms with Crippen LogP contribution in [0, 0.1) is 0 Å². The van der Waals surface area contributed by atoms with Gasteiger partial charge in [0.2, 0.25) is 5.91 Å². The Bertz CT molecular complexity index is 467. The van der Waals surface area contributed by atoms with E-state index in [1.165, 1.54) is 11.3 Å². The number of nitrogens with zero attached hydrogens (tertiary/aromatic N) is 2. The van der Waals surface area contributed by atoms with Crippen LogP contribution < -0.4 is 10.2 Å². The van der Waals surface area contributed by atoms with Crippen LogP contribution in [0.4, 0.5) is 5.69 Å². The molecule has 1 aromatic carbocycles. The summed E-state index contributed by atoms with van der Waals surface area (Å²) in [5.74, 6) is 0.100. The lowest BCUT2D eigenvalue weighted by Gasteiger charge is -2.35. The number of carbonyl (C=O) groups is 1. The molecule has 1 saturated heterocycles. The molecule has 1 fully saturated rings. The molecule has 0 aromatic heterocycles. The van der Waals surface area contributed by atoms with E-state index in [-0.39, 0.29) is 11.9 Å². The smallest absolute Gasteiger partial charge is 0.219 e. The number of ether oxygens (including phenoxy) is 1. The summed E-state index contributed by atoms with van der Waals surface area (Å²) in [4.78, 5) is 16.1. The number of carbonyl (C=O) groups excluding carboxylic acids is 1. The van der Waals surface area contributed by atoms with Gasteiger partial charge in [-0.25, -0.2) is 0 Å². The summed E-state index contributed by atoms with van der Waals surface area (Å²) in [5.41, 5.74) is 2.42. The molecule has 0 spiro atoms. The molecular formula is C17H27N3O2. The zero-order valence-electron chi connectivity index (χ0n) is 13.8. The Kier molecular flexibility index (Phi) is 6.21. The van der Waals surface area contributed by atoms with E-state index in [4.69, 9.17) is 4.74 Å². The average Bonchev–Trinajstić information content (AvgIpc) is 2.56. The Morgan fingerprint density at radius 1 is 1.27 bits per heavy atom. The van der Waals surface area contributed by atoms with E-state index in [1.54, 1.807) is 0 Å². The van der Waals surface area contributed by atoms with Gasteiger partial charge >= 0.3 is 0 Å². The Morgan fingerprint density at radius 3 is 2.45 bits per heavy atom. The molecule has 22 heavy (non-hydrogen) atoms. The topological polar surface area (TPSA) is 44.8 Å². The lowest BCUT2D eigenvalue weighted by atomic mass is 10.0. The zero-order chi connectivity index (χ0) is 15.9. The van der Waals surface area contributed by atoms with Crippen molar-refractivity contribution in [1.82, 2.24) is 10.2 Å². The lowest BCUT2D eigenvalue weighted by Crippen LogP contribution is -2.43. The second-order valence-electron chi connectivity index (χ2n) is 5.81. The number of anilines is 1. The molecule has 122 valence electrons. The van der Waals surface area contributed by atoms with Crippen molar-refractivity contribution >= 4 is 11.6 Å². The summed E-state index contributed by atoms with van der Waals surface area (Å²) >= 11 is 0. The molecule has 1 heterocycles. The molecular weight excluding hydrogens is 278 g/mol. The molecule has 5 nitrogen and oxygen atoms in total. The highest BCUT2D eigenvalue weighted by Crippen LogP contribution is 2.23. The van der Waals surface area contributed by atoms with Gasteiger partial charge in [0, 0.05) is 45.8 Å². The van der Waals surface area contributed by atoms with Crippen LogP contribution in [0.15, 0.2) is 24.3 Å². The van der Waals surface area contributed by atoms with Gasteiger partial charge in [0.15, 0.2) is 0 Å². The minimum atomic E-state index is 0.100. The molecule has 0 aliphatic carbocycles. The maximum absolute atomic E-state index is 11.6. The molecule has 2 rings (SSSR count). The van der Waals surface area contributed by atoms with Gasteiger partial charge in [-0.15, -0.1) is 0 Å². The van der Waals surface area contributed by atoms with Crippen LogP contribution in [0.25, 0.3) is 0 Å². The molecule has 0 unspecified atom stereocenters. The highest BCUT2D eigenvalue weighted by atomic mass is 16.5. The highest BCUT2D eigenvalue weighted by molar-refractivity contribution is 5.75. The van der Waals surface area contributed by atoms with Crippen molar-refractivity contribution in [2.45, 2.75) is 19.4 Å². The van der Waals surface area contributed by atoms with Gasteiger partial charge in [-0.1, -0.05) is 19.1 Å². The zero-order valence-corrected chi connectivity index (χ0v) is 13.8. The molecule has 1 N–H and O–H groups in total. The summed E-state index contributed by atoms with van der Waals surface area (Å²) in [7, 11) is 4.08. The standard InChI is InChI=1S/C17H27N3O2/c1-4-17(21)18-13-16(20-9-11-22-12-10-20)14-5-7-15(8-6-14)19(2)3/h5-8,16H,4,9-13H2,1-3H3,(H,18,21)/t16-/m0/s1. The quantitative estimate of drug-likeness (QED) is 0.868. The highest BCUT2D eigenvalue weighted by Gasteiger charge is 2.23. The monoisotopic (exact) mass is 305 g/mol. The first kappa shape index (κ1) is 16.8. The van der Waals surface area contributed by atoms with E-state index < -0.39 is 0 Å². The maximum atomic E-state index is 11.6. The van der Waals surface area contributed by atoms with Gasteiger partial charge in [-0.2, -0.15) is 0 Å². The van der Waals surface area contributed by atoms with Crippen LogP contribution in [-0.2, 0) is 9.53 Å². The summed E-state index contributed by atoms with van der Waals surface area (Å²) in [6.45, 7) is 5.85. The third-order valence-corrected chi connectivity index (χ3v) is 4.09. The largest absolute Gasteiger partial charge is 0.379 e. The number of hydrogen-bond acceptors (Lipinski definition) is 4. The molecule has 1 aromatic rings. The third kappa shape index (κ3) is 4.45. The van der Waals surface area contributed by atoms with E-state index in [9.17, 15) is 4.79 Å². The molecule has 0 radical (unpaired) electrons. The van der Waals surface area contributed by atoms with Gasteiger partial charge < -0.3 is 15.0 Å². The van der Waals surface area contributed by atoms with E-state index >= 15 is 0 Å². The van der Waals surface area contributed by atoms with Crippen molar-refractivity contribution in [1.29, 1.82) is 0 Å². The molecule has 0 bridgehead atoms.